The highest BCUT2D eigenvalue weighted by Gasteiger charge is 2.38. The lowest BCUT2D eigenvalue weighted by atomic mass is 9.98. The quantitative estimate of drug-likeness (QED) is 0.805. The van der Waals surface area contributed by atoms with Gasteiger partial charge in [-0.1, -0.05) is 12.0 Å². The first-order valence-corrected chi connectivity index (χ1v) is 9.70. The van der Waals surface area contributed by atoms with E-state index in [0.717, 1.165) is 48.7 Å². The van der Waals surface area contributed by atoms with Crippen LogP contribution >= 0.6 is 0 Å². The number of anilines is 1. The topological polar surface area (TPSA) is 84.9 Å². The maximum absolute atomic E-state index is 14.4. The van der Waals surface area contributed by atoms with E-state index in [1.165, 1.54) is 0 Å². The van der Waals surface area contributed by atoms with E-state index in [0.29, 0.717) is 23.6 Å². The number of allylic oxidation sites excluding steroid dienone is 1. The van der Waals surface area contributed by atoms with Crippen molar-refractivity contribution in [2.75, 3.05) is 5.73 Å². The van der Waals surface area contributed by atoms with E-state index in [1.807, 2.05) is 12.1 Å². The summed E-state index contributed by atoms with van der Waals surface area (Å²) in [4.78, 5) is 12.6. The summed E-state index contributed by atoms with van der Waals surface area (Å²) in [6.07, 6.45) is 8.01. The number of nitrogen functional groups attached to an aromatic ring is 1. The molecule has 2 aromatic rings. The van der Waals surface area contributed by atoms with Gasteiger partial charge in [0.25, 0.3) is 0 Å². The zero-order valence-electron chi connectivity index (χ0n) is 15.7. The van der Waals surface area contributed by atoms with Crippen LogP contribution in [-0.2, 0) is 6.42 Å². The zero-order valence-corrected chi connectivity index (χ0v) is 15.7. The summed E-state index contributed by atoms with van der Waals surface area (Å²) in [6, 6.07) is 1.88. The Labute approximate surface area is 162 Å². The van der Waals surface area contributed by atoms with Gasteiger partial charge in [-0.25, -0.2) is 19.3 Å². The lowest BCUT2D eigenvalue weighted by Gasteiger charge is -2.14. The highest BCUT2D eigenvalue weighted by Crippen LogP contribution is 2.45. The molecule has 1 unspecified atom stereocenters. The van der Waals surface area contributed by atoms with Gasteiger partial charge in [-0.05, 0) is 68.1 Å². The molecular weight excluding hydrogens is 355 g/mol. The Morgan fingerprint density at radius 3 is 2.75 bits per heavy atom. The van der Waals surface area contributed by atoms with E-state index in [9.17, 15) is 9.50 Å². The number of fused-ring (bicyclic) bond motifs is 1. The summed E-state index contributed by atoms with van der Waals surface area (Å²) in [7, 11) is 0. The summed E-state index contributed by atoms with van der Waals surface area (Å²) in [5, 5.41) is 10.5. The predicted octanol–water partition coefficient (Wildman–Crippen LogP) is 2.97. The molecule has 5 nitrogen and oxygen atoms in total. The van der Waals surface area contributed by atoms with Crippen molar-refractivity contribution in [2.24, 2.45) is 5.92 Å². The first kappa shape index (κ1) is 17.3. The van der Waals surface area contributed by atoms with Crippen molar-refractivity contribution in [1.29, 1.82) is 0 Å². The van der Waals surface area contributed by atoms with Gasteiger partial charge in [-0.3, -0.25) is 0 Å². The van der Waals surface area contributed by atoms with E-state index in [-0.39, 0.29) is 17.6 Å². The maximum Gasteiger partial charge on any atom is 0.220 e. The molecule has 2 heterocycles. The van der Waals surface area contributed by atoms with Crippen molar-refractivity contribution in [3.05, 3.63) is 52.4 Å². The first-order valence-electron chi connectivity index (χ1n) is 9.70. The fourth-order valence-corrected chi connectivity index (χ4v) is 3.85. The Hall–Kier alpha value is -2.78. The van der Waals surface area contributed by atoms with Crippen molar-refractivity contribution >= 4 is 11.5 Å². The van der Waals surface area contributed by atoms with Gasteiger partial charge in [0.05, 0.1) is 6.20 Å². The summed E-state index contributed by atoms with van der Waals surface area (Å²) in [6.45, 7) is 1.76. The van der Waals surface area contributed by atoms with Crippen molar-refractivity contribution in [1.82, 2.24) is 15.0 Å². The zero-order chi connectivity index (χ0) is 19.5. The van der Waals surface area contributed by atoms with Crippen LogP contribution in [0.15, 0.2) is 18.3 Å². The molecule has 2 saturated carbocycles. The van der Waals surface area contributed by atoms with E-state index in [4.69, 9.17) is 10.7 Å². The molecule has 2 aromatic heterocycles. The van der Waals surface area contributed by atoms with Crippen molar-refractivity contribution in [3.63, 3.8) is 0 Å². The van der Waals surface area contributed by atoms with E-state index in [2.05, 4.69) is 21.8 Å². The Kier molecular flexibility index (Phi) is 3.78. The highest BCUT2D eigenvalue weighted by molar-refractivity contribution is 5.84. The lowest BCUT2D eigenvalue weighted by molar-refractivity contribution is 0.0980. The first-order chi connectivity index (χ1) is 13.4. The number of halogens is 1. The smallest absolute Gasteiger partial charge is 0.220 e. The van der Waals surface area contributed by atoms with Gasteiger partial charge in [-0.2, -0.15) is 0 Å². The van der Waals surface area contributed by atoms with E-state index < -0.39 is 11.4 Å². The van der Waals surface area contributed by atoms with E-state index >= 15 is 0 Å². The molecule has 0 radical (unpaired) electrons. The molecule has 0 spiro atoms. The maximum atomic E-state index is 14.4. The third-order valence-corrected chi connectivity index (χ3v) is 5.75. The third-order valence-electron chi connectivity index (χ3n) is 5.75. The van der Waals surface area contributed by atoms with Gasteiger partial charge in [0, 0.05) is 17.2 Å². The molecule has 3 aliphatic rings. The van der Waals surface area contributed by atoms with Crippen LogP contribution in [0.3, 0.4) is 0 Å². The second kappa shape index (κ2) is 6.11. The highest BCUT2D eigenvalue weighted by atomic mass is 19.1. The molecule has 0 saturated heterocycles. The Morgan fingerprint density at radius 1 is 1.25 bits per heavy atom. The molecule has 3 aliphatic carbocycles. The Bertz CT molecular complexity index is 1070. The number of aromatic nitrogens is 3. The van der Waals surface area contributed by atoms with Crippen LogP contribution in [0, 0.1) is 23.6 Å². The average molecular weight is 376 g/mol. The number of hydrogen-bond donors (Lipinski definition) is 2. The minimum absolute atomic E-state index is 0.0442. The van der Waals surface area contributed by atoms with Crippen LogP contribution in [0.4, 0.5) is 10.3 Å². The molecular formula is C22H21FN4O. The number of nitrogens with two attached hydrogens (primary N) is 1. The number of nitrogens with zero attached hydrogens (tertiary/aromatic N) is 3. The van der Waals surface area contributed by atoms with Crippen LogP contribution < -0.4 is 5.73 Å². The van der Waals surface area contributed by atoms with Crippen molar-refractivity contribution in [3.8, 4) is 11.8 Å². The van der Waals surface area contributed by atoms with Crippen LogP contribution in [-0.4, -0.2) is 25.7 Å². The second-order valence-corrected chi connectivity index (χ2v) is 8.11. The molecule has 0 aromatic carbocycles. The normalized spacial score (nSPS) is 20.0. The molecule has 142 valence electrons. The summed E-state index contributed by atoms with van der Waals surface area (Å²) in [5.41, 5.74) is 9.29. The minimum atomic E-state index is -0.994. The van der Waals surface area contributed by atoms with Gasteiger partial charge in [0.2, 0.25) is 5.95 Å². The lowest BCUT2D eigenvalue weighted by Crippen LogP contribution is -2.24. The van der Waals surface area contributed by atoms with Crippen molar-refractivity contribution < 1.29 is 9.50 Å². The number of rotatable bonds is 3. The Balaban J connectivity index is 1.60. The van der Waals surface area contributed by atoms with Crippen LogP contribution in [0.2, 0.25) is 0 Å². The third kappa shape index (κ3) is 3.06. The van der Waals surface area contributed by atoms with Crippen LogP contribution in [0.25, 0.3) is 5.57 Å². The number of pyridine rings is 1. The molecule has 3 N–H and O–H groups in total. The molecule has 2 fully saturated rings. The molecule has 1 atom stereocenters. The summed E-state index contributed by atoms with van der Waals surface area (Å²) in [5.74, 6) is 6.29. The molecule has 0 bridgehead atoms. The largest absolute Gasteiger partial charge is 0.378 e. The predicted molar refractivity (Wildman–Crippen MR) is 104 cm³/mol. The standard InChI is InChI=1S/C22H21FN4O/c1-22(28,13-4-5-13)9-8-14-10-17-15(19(26-14)12-2-3-12)6-7-16(17)20-18(23)11-25-21(24)27-20/h7,10-13,28H,2-6H2,1H3,(H2,24,25,27). The van der Waals surface area contributed by atoms with Crippen LogP contribution in [0.5, 0.6) is 0 Å². The van der Waals surface area contributed by atoms with Gasteiger partial charge in [0.1, 0.15) is 17.0 Å². The van der Waals surface area contributed by atoms with Gasteiger partial charge in [0.15, 0.2) is 5.82 Å². The van der Waals surface area contributed by atoms with Gasteiger partial charge >= 0.3 is 0 Å². The number of hydrogen-bond acceptors (Lipinski definition) is 5. The minimum Gasteiger partial charge on any atom is -0.378 e. The van der Waals surface area contributed by atoms with Crippen molar-refractivity contribution in [2.45, 2.75) is 50.5 Å². The average Bonchev–Trinajstić information content (AvgIpc) is 3.57. The van der Waals surface area contributed by atoms with Gasteiger partial charge < -0.3 is 10.8 Å². The molecule has 6 heteroatoms. The fourth-order valence-electron chi connectivity index (χ4n) is 3.85. The van der Waals surface area contributed by atoms with Crippen LogP contribution in [0.1, 0.15) is 66.7 Å². The number of aliphatic hydroxyl groups is 1. The molecule has 28 heavy (non-hydrogen) atoms. The second-order valence-electron chi connectivity index (χ2n) is 8.11. The summed E-state index contributed by atoms with van der Waals surface area (Å²) >= 11 is 0. The summed E-state index contributed by atoms with van der Waals surface area (Å²) < 4.78 is 14.4. The van der Waals surface area contributed by atoms with Gasteiger partial charge in [-0.15, -0.1) is 0 Å². The SMILES string of the molecule is CC(O)(C#Cc1cc2c(c(C3CC3)n1)CC=C2c1nc(N)ncc1F)C1CC1. The molecule has 5 rings (SSSR count). The fraction of sp³-hybridized carbons (Fsp3) is 0.409. The molecule has 0 amide bonds. The van der Waals surface area contributed by atoms with E-state index in [1.54, 1.807) is 6.92 Å². The molecule has 0 aliphatic heterocycles. The Morgan fingerprint density at radius 2 is 2.04 bits per heavy atom. The monoisotopic (exact) mass is 376 g/mol.